The van der Waals surface area contributed by atoms with Crippen LogP contribution in [0.15, 0.2) is 53.5 Å². The Labute approximate surface area is 167 Å². The molecule has 0 atom stereocenters. The number of nitrogens with zero attached hydrogens (tertiary/aromatic N) is 3. The molecule has 2 heterocycles. The number of hydrogen-bond acceptors (Lipinski definition) is 5. The van der Waals surface area contributed by atoms with Crippen molar-refractivity contribution in [2.45, 2.75) is 19.8 Å². The van der Waals surface area contributed by atoms with Gasteiger partial charge in [0, 0.05) is 12.1 Å². The minimum Gasteiger partial charge on any atom is -0.497 e. The Bertz CT molecular complexity index is 1210. The molecule has 0 saturated heterocycles. The van der Waals surface area contributed by atoms with Crippen LogP contribution in [0.5, 0.6) is 11.5 Å². The van der Waals surface area contributed by atoms with Gasteiger partial charge < -0.3 is 14.5 Å². The highest BCUT2D eigenvalue weighted by Gasteiger charge is 2.18. The van der Waals surface area contributed by atoms with E-state index in [2.05, 4.69) is 17.0 Å². The largest absolute Gasteiger partial charge is 0.497 e. The predicted octanol–water partition coefficient (Wildman–Crippen LogP) is 3.75. The number of benzene rings is 2. The first-order chi connectivity index (χ1) is 14.2. The summed E-state index contributed by atoms with van der Waals surface area (Å²) in [4.78, 5) is 20.5. The highest BCUT2D eigenvalue weighted by molar-refractivity contribution is 5.87. The van der Waals surface area contributed by atoms with Crippen molar-refractivity contribution in [2.24, 2.45) is 0 Å². The third-order valence-corrected chi connectivity index (χ3v) is 4.81. The summed E-state index contributed by atoms with van der Waals surface area (Å²) in [5.74, 6) is 1.48. The van der Waals surface area contributed by atoms with Crippen LogP contribution in [0.1, 0.15) is 19.0 Å². The molecule has 0 unspecified atom stereocenters. The lowest BCUT2D eigenvalue weighted by atomic mass is 10.1. The molecule has 2 aromatic carbocycles. The molecule has 0 saturated carbocycles. The van der Waals surface area contributed by atoms with Crippen LogP contribution in [0.2, 0.25) is 0 Å². The van der Waals surface area contributed by atoms with E-state index in [-0.39, 0.29) is 5.56 Å². The molecule has 0 aliphatic carbocycles. The average molecular weight is 390 g/mol. The van der Waals surface area contributed by atoms with Crippen LogP contribution in [0.25, 0.3) is 28.0 Å². The maximum Gasteiger partial charge on any atom is 0.262 e. The summed E-state index contributed by atoms with van der Waals surface area (Å²) >= 11 is 0. The zero-order valence-corrected chi connectivity index (χ0v) is 16.6. The Hall–Kier alpha value is -3.61. The minimum absolute atomic E-state index is 0.264. The first-order valence-electron chi connectivity index (χ1n) is 9.45. The lowest BCUT2D eigenvalue weighted by Gasteiger charge is -2.11. The van der Waals surface area contributed by atoms with E-state index in [0.29, 0.717) is 28.2 Å². The molecule has 0 bridgehead atoms. The van der Waals surface area contributed by atoms with Gasteiger partial charge in [0.25, 0.3) is 5.56 Å². The third kappa shape index (κ3) is 3.35. The molecule has 4 aromatic rings. The summed E-state index contributed by atoms with van der Waals surface area (Å²) in [5, 5.41) is 4.96. The summed E-state index contributed by atoms with van der Waals surface area (Å²) in [6, 6.07) is 13.3. The molecular formula is C22H22N4O3. The third-order valence-electron chi connectivity index (χ3n) is 4.81. The Morgan fingerprint density at radius 3 is 2.59 bits per heavy atom. The maximum atomic E-state index is 12.9. The molecule has 0 aliphatic rings. The first kappa shape index (κ1) is 18.7. The van der Waals surface area contributed by atoms with Gasteiger partial charge >= 0.3 is 0 Å². The monoisotopic (exact) mass is 390 g/mol. The summed E-state index contributed by atoms with van der Waals surface area (Å²) in [6.45, 7) is 2.11. The summed E-state index contributed by atoms with van der Waals surface area (Å²) < 4.78 is 12.6. The van der Waals surface area contributed by atoms with Gasteiger partial charge in [-0.25, -0.2) is 9.67 Å². The molecule has 148 valence electrons. The van der Waals surface area contributed by atoms with Crippen LogP contribution in [0.3, 0.4) is 0 Å². The lowest BCUT2D eigenvalue weighted by Crippen LogP contribution is -2.12. The number of fused-ring (bicyclic) bond motifs is 1. The molecule has 7 heteroatoms. The van der Waals surface area contributed by atoms with Crippen LogP contribution >= 0.6 is 0 Å². The normalized spacial score (nSPS) is 11.0. The van der Waals surface area contributed by atoms with Gasteiger partial charge in [-0.3, -0.25) is 4.79 Å². The topological polar surface area (TPSA) is 82.0 Å². The van der Waals surface area contributed by atoms with Gasteiger partial charge in [0.2, 0.25) is 0 Å². The van der Waals surface area contributed by atoms with Gasteiger partial charge in [0.05, 0.1) is 42.9 Å². The second-order valence-corrected chi connectivity index (χ2v) is 6.64. The second-order valence-electron chi connectivity index (χ2n) is 6.64. The van der Waals surface area contributed by atoms with E-state index in [1.54, 1.807) is 25.4 Å². The molecule has 1 N–H and O–H groups in total. The number of hydrogen-bond donors (Lipinski definition) is 1. The van der Waals surface area contributed by atoms with Crippen molar-refractivity contribution >= 4 is 10.9 Å². The highest BCUT2D eigenvalue weighted by Crippen LogP contribution is 2.30. The van der Waals surface area contributed by atoms with Crippen molar-refractivity contribution in [3.05, 3.63) is 64.7 Å². The van der Waals surface area contributed by atoms with Crippen molar-refractivity contribution in [1.29, 1.82) is 0 Å². The Morgan fingerprint density at radius 2 is 1.90 bits per heavy atom. The first-order valence-corrected chi connectivity index (χ1v) is 9.45. The molecular weight excluding hydrogens is 368 g/mol. The summed E-state index contributed by atoms with van der Waals surface area (Å²) in [7, 11) is 3.09. The summed E-state index contributed by atoms with van der Waals surface area (Å²) in [5.41, 5.74) is 3.01. The number of ether oxygens (including phenoxy) is 2. The van der Waals surface area contributed by atoms with E-state index in [1.807, 2.05) is 35.0 Å². The SMILES string of the molecule is CCCc1c(-c2nc3cc(OC)cc(OC)c3c(=O)[nH]2)cnn1-c1ccccc1. The van der Waals surface area contributed by atoms with Crippen molar-refractivity contribution in [2.75, 3.05) is 14.2 Å². The van der Waals surface area contributed by atoms with Gasteiger partial charge in [-0.1, -0.05) is 31.5 Å². The summed E-state index contributed by atoms with van der Waals surface area (Å²) in [6.07, 6.45) is 3.48. The Morgan fingerprint density at radius 1 is 1.10 bits per heavy atom. The van der Waals surface area contributed by atoms with Gasteiger partial charge in [-0.15, -0.1) is 0 Å². The molecule has 4 rings (SSSR count). The number of para-hydroxylation sites is 1. The van der Waals surface area contributed by atoms with Crippen LogP contribution in [-0.2, 0) is 6.42 Å². The number of rotatable bonds is 6. The van der Waals surface area contributed by atoms with Crippen LogP contribution < -0.4 is 15.0 Å². The van der Waals surface area contributed by atoms with Crippen LogP contribution in [0, 0.1) is 0 Å². The molecule has 0 aliphatic heterocycles. The smallest absolute Gasteiger partial charge is 0.262 e. The van der Waals surface area contributed by atoms with Crippen molar-refractivity contribution in [3.8, 4) is 28.6 Å². The molecule has 0 fully saturated rings. The highest BCUT2D eigenvalue weighted by atomic mass is 16.5. The molecule has 0 spiro atoms. The van der Waals surface area contributed by atoms with Crippen molar-refractivity contribution in [1.82, 2.24) is 19.7 Å². The van der Waals surface area contributed by atoms with Crippen LogP contribution in [0.4, 0.5) is 0 Å². The fourth-order valence-corrected chi connectivity index (χ4v) is 3.46. The zero-order chi connectivity index (χ0) is 20.4. The van der Waals surface area contributed by atoms with Gasteiger partial charge in [-0.05, 0) is 18.6 Å². The molecule has 0 radical (unpaired) electrons. The standard InChI is InChI=1S/C22H22N4O3/c1-4-8-18-16(13-23-26(18)14-9-6-5-7-10-14)21-24-17-11-15(28-2)12-19(29-3)20(17)22(27)25-21/h5-7,9-13H,4,8H2,1-3H3,(H,24,25,27). The van der Waals surface area contributed by atoms with Gasteiger partial charge in [0.15, 0.2) is 0 Å². The van der Waals surface area contributed by atoms with E-state index in [4.69, 9.17) is 14.5 Å². The zero-order valence-electron chi connectivity index (χ0n) is 16.6. The number of aromatic amines is 1. The Kier molecular flexibility index (Phi) is 5.03. The Balaban J connectivity index is 1.93. The molecule has 2 aromatic heterocycles. The fourth-order valence-electron chi connectivity index (χ4n) is 3.46. The number of nitrogens with one attached hydrogen (secondary N) is 1. The fraction of sp³-hybridized carbons (Fsp3) is 0.227. The lowest BCUT2D eigenvalue weighted by molar-refractivity contribution is 0.397. The van der Waals surface area contributed by atoms with E-state index in [9.17, 15) is 4.79 Å². The minimum atomic E-state index is -0.264. The van der Waals surface area contributed by atoms with Gasteiger partial charge in [0.1, 0.15) is 22.7 Å². The quantitative estimate of drug-likeness (QED) is 0.542. The van der Waals surface area contributed by atoms with Crippen molar-refractivity contribution < 1.29 is 9.47 Å². The second kappa shape index (κ2) is 7.79. The van der Waals surface area contributed by atoms with E-state index >= 15 is 0 Å². The molecule has 7 nitrogen and oxygen atoms in total. The predicted molar refractivity (Wildman–Crippen MR) is 112 cm³/mol. The number of H-pyrrole nitrogens is 1. The molecule has 29 heavy (non-hydrogen) atoms. The van der Waals surface area contributed by atoms with Gasteiger partial charge in [-0.2, -0.15) is 5.10 Å². The van der Waals surface area contributed by atoms with Crippen LogP contribution in [-0.4, -0.2) is 34.0 Å². The average Bonchev–Trinajstić information content (AvgIpc) is 3.17. The number of aromatic nitrogens is 4. The van der Waals surface area contributed by atoms with E-state index in [1.165, 1.54) is 7.11 Å². The van der Waals surface area contributed by atoms with E-state index in [0.717, 1.165) is 29.8 Å². The number of methoxy groups -OCH3 is 2. The van der Waals surface area contributed by atoms with Crippen molar-refractivity contribution in [3.63, 3.8) is 0 Å². The van der Waals surface area contributed by atoms with E-state index < -0.39 is 0 Å². The maximum absolute atomic E-state index is 12.9. The molecule has 0 amide bonds.